The Bertz CT molecular complexity index is 198. The molecule has 1 N–H and O–H groups in total. The maximum atomic E-state index is 10.0. The summed E-state index contributed by atoms with van der Waals surface area (Å²) in [5.74, 6) is 0. The van der Waals surface area contributed by atoms with Crippen LogP contribution in [0.15, 0.2) is 11.7 Å². The highest BCUT2D eigenvalue weighted by molar-refractivity contribution is 7.13. The Hall–Kier alpha value is -0.900. The molecule has 3 nitrogen and oxygen atoms in total. The summed E-state index contributed by atoms with van der Waals surface area (Å²) in [5, 5.41) is 3.80. The van der Waals surface area contributed by atoms with Gasteiger partial charge in [0.2, 0.25) is 6.29 Å². The summed E-state index contributed by atoms with van der Waals surface area (Å²) in [6, 6.07) is -0.250. The van der Waals surface area contributed by atoms with Crippen molar-refractivity contribution in [2.45, 2.75) is 13.0 Å². The van der Waals surface area contributed by atoms with E-state index in [0.717, 1.165) is 5.00 Å². The van der Waals surface area contributed by atoms with Gasteiger partial charge in [-0.1, -0.05) is 0 Å². The molecule has 0 fully saturated rings. The Morgan fingerprint density at radius 1 is 1.90 bits per heavy atom. The Labute approximate surface area is 63.1 Å². The molecule has 1 radical (unpaired) electrons. The molecule has 0 aliphatic carbocycles. The smallest absolute Gasteiger partial charge is 0.222 e. The topological polar surface area (TPSA) is 42.0 Å². The summed E-state index contributed by atoms with van der Waals surface area (Å²) in [5.41, 5.74) is 1.71. The van der Waals surface area contributed by atoms with Gasteiger partial charge in [0, 0.05) is 0 Å². The first-order chi connectivity index (χ1) is 4.83. The molecule has 0 aliphatic rings. The van der Waals surface area contributed by atoms with Crippen molar-refractivity contribution in [3.8, 4) is 0 Å². The van der Waals surface area contributed by atoms with Crippen LogP contribution in [-0.4, -0.2) is 17.3 Å². The molecule has 0 spiro atoms. The molecule has 0 bridgehead atoms. The van der Waals surface area contributed by atoms with Crippen LogP contribution in [-0.2, 0) is 4.79 Å². The molecule has 0 aliphatic heterocycles. The van der Waals surface area contributed by atoms with Gasteiger partial charge >= 0.3 is 0 Å². The number of anilines is 1. The third-order valence-corrected chi connectivity index (χ3v) is 1.67. The minimum atomic E-state index is -0.250. The second-order valence-electron chi connectivity index (χ2n) is 1.85. The number of hydrogen-bond acceptors (Lipinski definition) is 4. The van der Waals surface area contributed by atoms with E-state index in [1.54, 1.807) is 18.6 Å². The normalized spacial score (nSPS) is 12.5. The van der Waals surface area contributed by atoms with E-state index in [2.05, 4.69) is 10.3 Å². The molecule has 4 heteroatoms. The SMILES string of the molecule is C[C@@H]([C]=O)Nc1cncs1. The van der Waals surface area contributed by atoms with Gasteiger partial charge in [-0.2, -0.15) is 0 Å². The highest BCUT2D eigenvalue weighted by Gasteiger charge is 1.99. The summed E-state index contributed by atoms with van der Waals surface area (Å²) < 4.78 is 0. The van der Waals surface area contributed by atoms with Crippen molar-refractivity contribution in [2.24, 2.45) is 0 Å². The lowest BCUT2D eigenvalue weighted by Crippen LogP contribution is -2.14. The molecule has 0 aromatic carbocycles. The van der Waals surface area contributed by atoms with Crippen LogP contribution in [0.2, 0.25) is 0 Å². The number of carbonyl (C=O) groups excluding carboxylic acids is 1. The molecule has 0 unspecified atom stereocenters. The molecule has 0 saturated carbocycles. The zero-order valence-corrected chi connectivity index (χ0v) is 6.31. The molecule has 0 saturated heterocycles. The van der Waals surface area contributed by atoms with Gasteiger partial charge < -0.3 is 5.32 Å². The van der Waals surface area contributed by atoms with Gasteiger partial charge in [-0.15, -0.1) is 11.3 Å². The highest BCUT2D eigenvalue weighted by Crippen LogP contribution is 2.12. The maximum Gasteiger partial charge on any atom is 0.222 e. The van der Waals surface area contributed by atoms with E-state index < -0.39 is 0 Å². The monoisotopic (exact) mass is 155 g/mol. The molecular weight excluding hydrogens is 148 g/mol. The van der Waals surface area contributed by atoms with Crippen molar-refractivity contribution in [2.75, 3.05) is 5.32 Å². The molecule has 10 heavy (non-hydrogen) atoms. The Kier molecular flexibility index (Phi) is 2.39. The van der Waals surface area contributed by atoms with Gasteiger partial charge in [0.1, 0.15) is 5.00 Å². The summed E-state index contributed by atoms with van der Waals surface area (Å²) >= 11 is 1.47. The van der Waals surface area contributed by atoms with Crippen molar-refractivity contribution in [1.29, 1.82) is 0 Å². The first kappa shape index (κ1) is 7.21. The number of nitrogens with zero attached hydrogens (tertiary/aromatic N) is 1. The number of rotatable bonds is 3. The highest BCUT2D eigenvalue weighted by atomic mass is 32.1. The number of aromatic nitrogens is 1. The van der Waals surface area contributed by atoms with Gasteiger partial charge in [0.25, 0.3) is 0 Å². The van der Waals surface area contributed by atoms with Crippen LogP contribution in [0.3, 0.4) is 0 Å². The first-order valence-corrected chi connectivity index (χ1v) is 3.73. The van der Waals surface area contributed by atoms with Gasteiger partial charge in [-0.05, 0) is 6.92 Å². The number of thiazole rings is 1. The zero-order valence-electron chi connectivity index (χ0n) is 5.50. The Morgan fingerprint density at radius 3 is 3.20 bits per heavy atom. The lowest BCUT2D eigenvalue weighted by molar-refractivity contribution is 0.549. The van der Waals surface area contributed by atoms with E-state index in [4.69, 9.17) is 0 Å². The van der Waals surface area contributed by atoms with Crippen LogP contribution >= 0.6 is 11.3 Å². The number of nitrogens with one attached hydrogen (secondary N) is 1. The van der Waals surface area contributed by atoms with Crippen LogP contribution in [0.5, 0.6) is 0 Å². The van der Waals surface area contributed by atoms with E-state index in [1.165, 1.54) is 11.3 Å². The van der Waals surface area contributed by atoms with Crippen molar-refractivity contribution in [3.05, 3.63) is 11.7 Å². The second kappa shape index (κ2) is 3.31. The van der Waals surface area contributed by atoms with Crippen molar-refractivity contribution in [3.63, 3.8) is 0 Å². The molecule has 53 valence electrons. The van der Waals surface area contributed by atoms with Gasteiger partial charge in [-0.3, -0.25) is 9.78 Å². The Balaban J connectivity index is 2.47. The van der Waals surface area contributed by atoms with Crippen molar-refractivity contribution < 1.29 is 4.79 Å². The maximum absolute atomic E-state index is 10.0. The van der Waals surface area contributed by atoms with Crippen molar-refractivity contribution >= 4 is 22.6 Å². The van der Waals surface area contributed by atoms with Gasteiger partial charge in [-0.25, -0.2) is 0 Å². The predicted octanol–water partition coefficient (Wildman–Crippen LogP) is 1.05. The van der Waals surface area contributed by atoms with Gasteiger partial charge in [0.05, 0.1) is 17.7 Å². The zero-order chi connectivity index (χ0) is 7.40. The van der Waals surface area contributed by atoms with E-state index in [9.17, 15) is 4.79 Å². The third-order valence-electron chi connectivity index (χ3n) is 0.968. The summed E-state index contributed by atoms with van der Waals surface area (Å²) in [7, 11) is 0. The molecule has 0 amide bonds. The minimum absolute atomic E-state index is 0.250. The average molecular weight is 155 g/mol. The Morgan fingerprint density at radius 2 is 2.70 bits per heavy atom. The lowest BCUT2D eigenvalue weighted by Gasteiger charge is -2.02. The van der Waals surface area contributed by atoms with Crippen LogP contribution in [0.4, 0.5) is 5.00 Å². The van der Waals surface area contributed by atoms with Crippen LogP contribution in [0, 0.1) is 0 Å². The van der Waals surface area contributed by atoms with Crippen LogP contribution in [0.1, 0.15) is 6.92 Å². The molecule has 1 heterocycles. The van der Waals surface area contributed by atoms with E-state index in [1.807, 2.05) is 6.29 Å². The quantitative estimate of drug-likeness (QED) is 0.709. The molecule has 1 aromatic rings. The minimum Gasteiger partial charge on any atom is -0.366 e. The fraction of sp³-hybridized carbons (Fsp3) is 0.333. The fourth-order valence-corrected chi connectivity index (χ4v) is 1.13. The third kappa shape index (κ3) is 1.80. The van der Waals surface area contributed by atoms with E-state index in [-0.39, 0.29) is 6.04 Å². The average Bonchev–Trinajstić information content (AvgIpc) is 2.40. The first-order valence-electron chi connectivity index (χ1n) is 2.85. The van der Waals surface area contributed by atoms with Gasteiger partial charge in [0.15, 0.2) is 0 Å². The molecule has 1 aromatic heterocycles. The second-order valence-corrected chi connectivity index (χ2v) is 2.74. The van der Waals surface area contributed by atoms with E-state index >= 15 is 0 Å². The standard InChI is InChI=1S/C6H7N2OS/c1-5(3-9)8-6-2-7-4-10-6/h2,4-5,8H,1H3/t5-/m0/s1. The molecular formula is C6H7N2OS. The predicted molar refractivity (Wildman–Crippen MR) is 40.9 cm³/mol. The summed E-state index contributed by atoms with van der Waals surface area (Å²) in [6.07, 6.45) is 3.50. The fourth-order valence-electron chi connectivity index (χ4n) is 0.530. The lowest BCUT2D eigenvalue weighted by atomic mass is 10.4. The summed E-state index contributed by atoms with van der Waals surface area (Å²) in [4.78, 5) is 13.9. The van der Waals surface area contributed by atoms with Crippen LogP contribution < -0.4 is 5.32 Å². The number of hydrogen-bond donors (Lipinski definition) is 1. The molecule has 1 atom stereocenters. The largest absolute Gasteiger partial charge is 0.366 e. The van der Waals surface area contributed by atoms with E-state index in [0.29, 0.717) is 0 Å². The van der Waals surface area contributed by atoms with Crippen molar-refractivity contribution in [1.82, 2.24) is 4.98 Å². The molecule has 1 rings (SSSR count). The van der Waals surface area contributed by atoms with Crippen LogP contribution in [0.25, 0.3) is 0 Å². The summed E-state index contributed by atoms with van der Waals surface area (Å²) in [6.45, 7) is 1.74.